The van der Waals surface area contributed by atoms with Gasteiger partial charge >= 0.3 is 0 Å². The number of fused-ring (bicyclic) bond motifs is 2. The first-order valence-corrected chi connectivity index (χ1v) is 9.76. The van der Waals surface area contributed by atoms with Crippen LogP contribution in [0.5, 0.6) is 0 Å². The molecule has 0 aliphatic heterocycles. The number of hydrogen-bond donors (Lipinski definition) is 0. The van der Waals surface area contributed by atoms with Gasteiger partial charge in [-0.1, -0.05) is 76.8 Å². The molecule has 2 nitrogen and oxygen atoms in total. The van der Waals surface area contributed by atoms with Gasteiger partial charge in [0.15, 0.2) is 0 Å². The highest BCUT2D eigenvalue weighted by molar-refractivity contribution is 5.87. The van der Waals surface area contributed by atoms with Crippen LogP contribution in [0.25, 0.3) is 0 Å². The average molecular weight is 308 g/mol. The second-order valence-corrected chi connectivity index (χ2v) is 8.13. The van der Waals surface area contributed by atoms with Crippen LogP contribution in [-0.2, 0) is 4.84 Å². The van der Waals surface area contributed by atoms with E-state index in [1.807, 2.05) is 0 Å². The fraction of sp³-hybridized carbons (Fsp3) is 0.950. The molecule has 0 unspecified atom stereocenters. The van der Waals surface area contributed by atoms with Crippen LogP contribution < -0.4 is 0 Å². The zero-order chi connectivity index (χ0) is 15.8. The van der Waals surface area contributed by atoms with Crippen LogP contribution in [-0.4, -0.2) is 12.8 Å². The predicted molar refractivity (Wildman–Crippen MR) is 95.2 cm³/mol. The second kappa shape index (κ2) is 8.93. The predicted octanol–water partition coefficient (Wildman–Crippen LogP) is 6.35. The number of oxime groups is 1. The van der Waals surface area contributed by atoms with Crippen LogP contribution in [0.15, 0.2) is 5.16 Å². The minimum Gasteiger partial charge on any atom is -0.399 e. The van der Waals surface area contributed by atoms with Crippen LogP contribution in [0.3, 0.4) is 0 Å². The first-order chi connectivity index (χ1) is 10.7. The molecule has 0 spiro atoms. The van der Waals surface area contributed by atoms with Crippen molar-refractivity contribution in [2.75, 3.05) is 7.11 Å². The van der Waals surface area contributed by atoms with Crippen LogP contribution in [0.2, 0.25) is 0 Å². The molecule has 0 aromatic heterocycles. The Balaban J connectivity index is 2.07. The van der Waals surface area contributed by atoms with Gasteiger partial charge in [0.05, 0.1) is 5.71 Å². The third-order valence-electron chi connectivity index (χ3n) is 6.36. The molecule has 2 bridgehead atoms. The van der Waals surface area contributed by atoms with Crippen molar-refractivity contribution in [3.63, 3.8) is 0 Å². The van der Waals surface area contributed by atoms with Crippen LogP contribution in [0.4, 0.5) is 0 Å². The first kappa shape index (κ1) is 17.8. The van der Waals surface area contributed by atoms with Crippen molar-refractivity contribution in [2.24, 2.45) is 22.4 Å². The lowest BCUT2D eigenvalue weighted by Crippen LogP contribution is -2.42. The van der Waals surface area contributed by atoms with Crippen molar-refractivity contribution < 1.29 is 4.84 Å². The van der Waals surface area contributed by atoms with Crippen molar-refractivity contribution in [3.8, 4) is 0 Å². The van der Waals surface area contributed by atoms with E-state index in [4.69, 9.17) is 4.84 Å². The highest BCUT2D eigenvalue weighted by atomic mass is 16.6. The van der Waals surface area contributed by atoms with E-state index < -0.39 is 0 Å². The van der Waals surface area contributed by atoms with Crippen molar-refractivity contribution in [3.05, 3.63) is 0 Å². The van der Waals surface area contributed by atoms with Crippen LogP contribution in [0.1, 0.15) is 97.3 Å². The third kappa shape index (κ3) is 4.73. The lowest BCUT2D eigenvalue weighted by Gasteiger charge is -2.46. The topological polar surface area (TPSA) is 21.6 Å². The summed E-state index contributed by atoms with van der Waals surface area (Å²) in [6.45, 7) is 5.00. The van der Waals surface area contributed by atoms with Gasteiger partial charge in [0.2, 0.25) is 0 Å². The van der Waals surface area contributed by atoms with Crippen LogP contribution in [0, 0.1) is 17.3 Å². The second-order valence-electron chi connectivity index (χ2n) is 8.13. The van der Waals surface area contributed by atoms with Gasteiger partial charge in [-0.25, -0.2) is 0 Å². The fourth-order valence-electron chi connectivity index (χ4n) is 4.84. The van der Waals surface area contributed by atoms with E-state index in [1.165, 1.54) is 82.8 Å². The minimum absolute atomic E-state index is 0.389. The summed E-state index contributed by atoms with van der Waals surface area (Å²) < 4.78 is 0. The summed E-state index contributed by atoms with van der Waals surface area (Å²) in [6.07, 6.45) is 18.1. The molecule has 2 aliphatic rings. The molecule has 2 fully saturated rings. The maximum Gasteiger partial charge on any atom is 0.106 e. The normalized spacial score (nSPS) is 33.1. The van der Waals surface area contributed by atoms with E-state index in [1.54, 1.807) is 7.11 Å². The summed E-state index contributed by atoms with van der Waals surface area (Å²) >= 11 is 0. The van der Waals surface area contributed by atoms with E-state index in [2.05, 4.69) is 19.0 Å². The highest BCUT2D eigenvalue weighted by Crippen LogP contribution is 2.48. The molecule has 0 saturated heterocycles. The van der Waals surface area contributed by atoms with Crippen molar-refractivity contribution >= 4 is 5.71 Å². The largest absolute Gasteiger partial charge is 0.399 e. The van der Waals surface area contributed by atoms with Crippen LogP contribution >= 0.6 is 0 Å². The lowest BCUT2D eigenvalue weighted by molar-refractivity contribution is 0.102. The Labute approximate surface area is 138 Å². The molecular weight excluding hydrogens is 270 g/mol. The van der Waals surface area contributed by atoms with Gasteiger partial charge in [-0.3, -0.25) is 0 Å². The van der Waals surface area contributed by atoms with Gasteiger partial charge in [0.1, 0.15) is 7.11 Å². The standard InChI is InChI=1S/C20H37NO/c1-20(2)17-13-11-9-7-5-4-6-8-10-12-14-18(20)19(16-15-17)21-22-3/h17-18H,4-16H2,1-3H3/t17-,18-/m0/s1. The van der Waals surface area contributed by atoms with Gasteiger partial charge < -0.3 is 4.84 Å². The maximum absolute atomic E-state index is 5.16. The summed E-state index contributed by atoms with van der Waals surface area (Å²) in [5.74, 6) is 1.50. The minimum atomic E-state index is 0.389. The summed E-state index contributed by atoms with van der Waals surface area (Å²) in [4.78, 5) is 5.16. The molecule has 2 rings (SSSR count). The molecule has 0 aromatic rings. The Morgan fingerprint density at radius 2 is 1.36 bits per heavy atom. The zero-order valence-corrected chi connectivity index (χ0v) is 15.2. The molecular formula is C20H37NO. The Hall–Kier alpha value is -0.530. The third-order valence-corrected chi connectivity index (χ3v) is 6.36. The molecule has 128 valence electrons. The molecule has 2 heteroatoms. The summed E-state index contributed by atoms with van der Waals surface area (Å²) in [5, 5.41) is 4.42. The first-order valence-electron chi connectivity index (χ1n) is 9.76. The van der Waals surface area contributed by atoms with E-state index in [0.717, 1.165) is 12.3 Å². The number of hydrogen-bond acceptors (Lipinski definition) is 2. The van der Waals surface area contributed by atoms with Crippen molar-refractivity contribution in [1.82, 2.24) is 0 Å². The van der Waals surface area contributed by atoms with Gasteiger partial charge in [0, 0.05) is 5.92 Å². The Morgan fingerprint density at radius 3 is 1.95 bits per heavy atom. The average Bonchev–Trinajstić information content (AvgIpc) is 2.48. The maximum atomic E-state index is 5.16. The van der Waals surface area contributed by atoms with Gasteiger partial charge in [-0.05, 0) is 37.0 Å². The molecule has 2 saturated carbocycles. The molecule has 2 atom stereocenters. The van der Waals surface area contributed by atoms with Gasteiger partial charge in [-0.2, -0.15) is 0 Å². The number of nitrogens with zero attached hydrogens (tertiary/aromatic N) is 1. The Morgan fingerprint density at radius 1 is 0.818 bits per heavy atom. The molecule has 2 aliphatic carbocycles. The summed E-state index contributed by atoms with van der Waals surface area (Å²) in [7, 11) is 1.70. The van der Waals surface area contributed by atoms with E-state index >= 15 is 0 Å². The Kier molecular flexibility index (Phi) is 7.24. The fourth-order valence-corrected chi connectivity index (χ4v) is 4.84. The SMILES string of the molecule is CON=C1CC[C@@H]2CCCCCCCCCCC[C@@H]1C2(C)C. The van der Waals surface area contributed by atoms with Gasteiger partial charge in [0.25, 0.3) is 0 Å². The molecule has 0 heterocycles. The zero-order valence-electron chi connectivity index (χ0n) is 15.2. The molecule has 0 amide bonds. The monoisotopic (exact) mass is 307 g/mol. The molecule has 0 N–H and O–H groups in total. The molecule has 22 heavy (non-hydrogen) atoms. The van der Waals surface area contributed by atoms with Gasteiger partial charge in [-0.15, -0.1) is 0 Å². The smallest absolute Gasteiger partial charge is 0.106 e. The van der Waals surface area contributed by atoms with E-state index in [9.17, 15) is 0 Å². The van der Waals surface area contributed by atoms with Crippen molar-refractivity contribution in [1.29, 1.82) is 0 Å². The Bertz CT molecular complexity index is 348. The lowest BCUT2D eigenvalue weighted by atomic mass is 9.59. The van der Waals surface area contributed by atoms with E-state index in [-0.39, 0.29) is 0 Å². The quantitative estimate of drug-likeness (QED) is 0.517. The summed E-state index contributed by atoms with van der Waals surface area (Å²) in [6, 6.07) is 0. The highest BCUT2D eigenvalue weighted by Gasteiger charge is 2.43. The molecule has 0 radical (unpaired) electrons. The molecule has 0 aromatic carbocycles. The summed E-state index contributed by atoms with van der Waals surface area (Å²) in [5.41, 5.74) is 1.73. The van der Waals surface area contributed by atoms with E-state index in [0.29, 0.717) is 11.3 Å². The number of rotatable bonds is 1. The van der Waals surface area contributed by atoms with Crippen molar-refractivity contribution in [2.45, 2.75) is 97.3 Å².